The molecule has 0 saturated heterocycles. The van der Waals surface area contributed by atoms with Gasteiger partial charge in [-0.1, -0.05) is 13.8 Å². The van der Waals surface area contributed by atoms with Crippen molar-refractivity contribution in [3.05, 3.63) is 0 Å². The van der Waals surface area contributed by atoms with E-state index in [1.807, 2.05) is 13.8 Å². The van der Waals surface area contributed by atoms with E-state index in [1.54, 1.807) is 0 Å². The first-order valence-corrected chi connectivity index (χ1v) is 11.8. The Morgan fingerprint density at radius 2 is 1.12 bits per heavy atom. The number of carboxylic acids is 2. The zero-order chi connectivity index (χ0) is 24.7. The summed E-state index contributed by atoms with van der Waals surface area (Å²) in [6.07, 6.45) is 4.91. The van der Waals surface area contributed by atoms with Gasteiger partial charge in [0.15, 0.2) is 0 Å². The van der Waals surface area contributed by atoms with Gasteiger partial charge in [-0.3, -0.25) is 19.2 Å². The SMILES string of the molecule is CC1CC(CC2CCC(OC(=O)[C@@H](N)CC(=O)O)C(C)C2)CCC1OC(=O)[C@@H](N)CC(=O)O. The number of esters is 2. The number of hydrogen-bond acceptors (Lipinski definition) is 8. The van der Waals surface area contributed by atoms with Crippen LogP contribution in [-0.4, -0.2) is 58.4 Å². The Morgan fingerprint density at radius 1 is 0.758 bits per heavy atom. The fraction of sp³-hybridized carbons (Fsp3) is 0.826. The minimum Gasteiger partial charge on any atom is -0.481 e. The summed E-state index contributed by atoms with van der Waals surface area (Å²) >= 11 is 0. The summed E-state index contributed by atoms with van der Waals surface area (Å²) in [5.41, 5.74) is 11.2. The van der Waals surface area contributed by atoms with Gasteiger partial charge in [-0.25, -0.2) is 0 Å². The predicted octanol–water partition coefficient (Wildman–Crippen LogP) is 1.68. The summed E-state index contributed by atoms with van der Waals surface area (Å²) in [4.78, 5) is 45.5. The monoisotopic (exact) mass is 470 g/mol. The molecule has 2 rings (SSSR count). The number of nitrogens with two attached hydrogens (primary N) is 2. The Hall–Kier alpha value is -2.20. The molecule has 6 N–H and O–H groups in total. The largest absolute Gasteiger partial charge is 0.481 e. The van der Waals surface area contributed by atoms with E-state index < -0.39 is 48.8 Å². The Morgan fingerprint density at radius 3 is 1.42 bits per heavy atom. The van der Waals surface area contributed by atoms with Crippen molar-refractivity contribution in [2.24, 2.45) is 35.1 Å². The lowest BCUT2D eigenvalue weighted by Crippen LogP contribution is -2.41. The van der Waals surface area contributed by atoms with E-state index in [1.165, 1.54) is 0 Å². The lowest BCUT2D eigenvalue weighted by Gasteiger charge is -2.39. The molecule has 10 nitrogen and oxygen atoms in total. The Kier molecular flexibility index (Phi) is 10.1. The third-order valence-corrected chi connectivity index (χ3v) is 6.99. The van der Waals surface area contributed by atoms with Crippen LogP contribution in [0.5, 0.6) is 0 Å². The molecule has 0 aromatic heterocycles. The topological polar surface area (TPSA) is 179 Å². The molecule has 33 heavy (non-hydrogen) atoms. The maximum atomic E-state index is 12.0. The van der Waals surface area contributed by atoms with Gasteiger partial charge in [0.05, 0.1) is 12.8 Å². The van der Waals surface area contributed by atoms with Gasteiger partial charge in [0.1, 0.15) is 24.3 Å². The van der Waals surface area contributed by atoms with Crippen molar-refractivity contribution in [3.63, 3.8) is 0 Å². The van der Waals surface area contributed by atoms with Crippen molar-refractivity contribution in [2.45, 2.75) is 95.9 Å². The number of rotatable bonds is 10. The molecular weight excluding hydrogens is 432 g/mol. The molecule has 8 atom stereocenters. The van der Waals surface area contributed by atoms with E-state index in [2.05, 4.69) is 0 Å². The standard InChI is InChI=1S/C23H38N2O8/c1-12-7-14(3-5-18(12)32-22(30)16(24)10-20(26)27)9-15-4-6-19(13(2)8-15)33-23(31)17(25)11-21(28)29/h12-19H,3-11,24-25H2,1-2H3,(H,26,27)(H,28,29)/t12?,13?,14?,15?,16-,17-,18?,19?/m0/s1. The summed E-state index contributed by atoms with van der Waals surface area (Å²) in [5, 5.41) is 17.6. The smallest absolute Gasteiger partial charge is 0.323 e. The van der Waals surface area contributed by atoms with Crippen LogP contribution in [0.2, 0.25) is 0 Å². The molecule has 0 spiro atoms. The molecule has 2 aliphatic rings. The highest BCUT2D eigenvalue weighted by atomic mass is 16.5. The third-order valence-electron chi connectivity index (χ3n) is 6.99. The molecule has 2 saturated carbocycles. The van der Waals surface area contributed by atoms with Gasteiger partial charge in [0.25, 0.3) is 0 Å². The zero-order valence-corrected chi connectivity index (χ0v) is 19.5. The second-order valence-corrected chi connectivity index (χ2v) is 9.91. The fourth-order valence-electron chi connectivity index (χ4n) is 5.23. The molecule has 0 radical (unpaired) electrons. The first-order chi connectivity index (χ1) is 15.5. The average Bonchev–Trinajstić information content (AvgIpc) is 2.70. The molecule has 10 heteroatoms. The number of ether oxygens (including phenoxy) is 2. The van der Waals surface area contributed by atoms with Crippen LogP contribution in [0.3, 0.4) is 0 Å². The van der Waals surface area contributed by atoms with Gasteiger partial charge in [-0.2, -0.15) is 0 Å². The molecule has 0 heterocycles. The van der Waals surface area contributed by atoms with E-state index in [0.717, 1.165) is 44.9 Å². The van der Waals surface area contributed by atoms with E-state index in [-0.39, 0.29) is 24.0 Å². The van der Waals surface area contributed by atoms with Gasteiger partial charge >= 0.3 is 23.9 Å². The van der Waals surface area contributed by atoms with Crippen molar-refractivity contribution in [1.29, 1.82) is 0 Å². The van der Waals surface area contributed by atoms with E-state index in [9.17, 15) is 19.2 Å². The first-order valence-electron chi connectivity index (χ1n) is 11.8. The lowest BCUT2D eigenvalue weighted by atomic mass is 9.71. The van der Waals surface area contributed by atoms with E-state index in [4.69, 9.17) is 31.2 Å². The van der Waals surface area contributed by atoms with Crippen LogP contribution >= 0.6 is 0 Å². The van der Waals surface area contributed by atoms with Crippen LogP contribution in [-0.2, 0) is 28.7 Å². The molecule has 2 aliphatic carbocycles. The zero-order valence-electron chi connectivity index (χ0n) is 19.5. The lowest BCUT2D eigenvalue weighted by molar-refractivity contribution is -0.158. The molecule has 0 aromatic carbocycles. The van der Waals surface area contributed by atoms with Gasteiger partial charge in [0, 0.05) is 0 Å². The van der Waals surface area contributed by atoms with Crippen molar-refractivity contribution in [2.75, 3.05) is 0 Å². The van der Waals surface area contributed by atoms with Crippen LogP contribution in [0.1, 0.15) is 71.6 Å². The predicted molar refractivity (Wildman–Crippen MR) is 118 cm³/mol. The van der Waals surface area contributed by atoms with Crippen molar-refractivity contribution in [1.82, 2.24) is 0 Å². The average molecular weight is 471 g/mol. The summed E-state index contributed by atoms with van der Waals surface area (Å²) < 4.78 is 11.0. The molecule has 0 bridgehead atoms. The molecular formula is C23H38N2O8. The highest BCUT2D eigenvalue weighted by Gasteiger charge is 2.36. The van der Waals surface area contributed by atoms with E-state index >= 15 is 0 Å². The molecule has 0 aliphatic heterocycles. The Bertz CT molecular complexity index is 657. The second kappa shape index (κ2) is 12.3. The summed E-state index contributed by atoms with van der Waals surface area (Å²) in [6.45, 7) is 4.10. The maximum Gasteiger partial charge on any atom is 0.323 e. The first kappa shape index (κ1) is 27.0. The number of carbonyl (C=O) groups is 4. The molecule has 0 aromatic rings. The normalized spacial score (nSPS) is 31.8. The number of aliphatic carboxylic acids is 2. The van der Waals surface area contributed by atoms with Gasteiger partial charge in [-0.15, -0.1) is 0 Å². The minimum atomic E-state index is -1.14. The van der Waals surface area contributed by atoms with Crippen molar-refractivity contribution >= 4 is 23.9 Å². The summed E-state index contributed by atoms with van der Waals surface area (Å²) in [6, 6.07) is -2.28. The highest BCUT2D eigenvalue weighted by molar-refractivity contribution is 5.82. The number of carboxylic acid groups (broad SMARTS) is 2. The maximum absolute atomic E-state index is 12.0. The van der Waals surface area contributed by atoms with Crippen molar-refractivity contribution in [3.8, 4) is 0 Å². The summed E-state index contributed by atoms with van der Waals surface area (Å²) in [7, 11) is 0. The Balaban J connectivity index is 1.75. The number of hydrogen-bond donors (Lipinski definition) is 4. The van der Waals surface area contributed by atoms with Crippen LogP contribution in [0.4, 0.5) is 0 Å². The molecule has 2 fully saturated rings. The molecule has 0 amide bonds. The minimum absolute atomic E-state index is 0.176. The molecule has 6 unspecified atom stereocenters. The van der Waals surface area contributed by atoms with Crippen LogP contribution < -0.4 is 11.5 Å². The fourth-order valence-corrected chi connectivity index (χ4v) is 5.23. The molecule has 188 valence electrons. The third kappa shape index (κ3) is 8.58. The summed E-state index contributed by atoms with van der Waals surface area (Å²) in [5.74, 6) is -2.18. The van der Waals surface area contributed by atoms with E-state index in [0.29, 0.717) is 11.8 Å². The van der Waals surface area contributed by atoms with Crippen LogP contribution in [0, 0.1) is 23.7 Å². The quantitative estimate of drug-likeness (QED) is 0.343. The Labute approximate surface area is 194 Å². The second-order valence-electron chi connectivity index (χ2n) is 9.91. The van der Waals surface area contributed by atoms with Crippen molar-refractivity contribution < 1.29 is 38.9 Å². The van der Waals surface area contributed by atoms with Gasteiger partial charge < -0.3 is 31.2 Å². The highest BCUT2D eigenvalue weighted by Crippen LogP contribution is 2.40. The van der Waals surface area contributed by atoms with Crippen LogP contribution in [0.15, 0.2) is 0 Å². The van der Waals surface area contributed by atoms with Gasteiger partial charge in [0.2, 0.25) is 0 Å². The van der Waals surface area contributed by atoms with Crippen LogP contribution in [0.25, 0.3) is 0 Å². The number of carbonyl (C=O) groups excluding carboxylic acids is 2. The van der Waals surface area contributed by atoms with Gasteiger partial charge in [-0.05, 0) is 68.6 Å².